The van der Waals surface area contributed by atoms with Crippen molar-refractivity contribution in [1.82, 2.24) is 15.1 Å². The van der Waals surface area contributed by atoms with Gasteiger partial charge in [0.1, 0.15) is 5.75 Å². The molecule has 0 bridgehead atoms. The first-order valence-electron chi connectivity index (χ1n) is 10.9. The number of nitrogens with zero attached hydrogens (tertiary/aromatic N) is 3. The highest BCUT2D eigenvalue weighted by Gasteiger charge is 2.32. The SMILES string of the molecule is CN=C(NCC1CCCN(C)C1c1ccc(OC)cc1)N1CCC(C(=O)OC)CC1.I. The Balaban J connectivity index is 0.00000341. The second-order valence-electron chi connectivity index (χ2n) is 8.31. The van der Waals surface area contributed by atoms with E-state index in [2.05, 4.69) is 39.3 Å². The van der Waals surface area contributed by atoms with E-state index < -0.39 is 0 Å². The number of carbonyl (C=O) groups excluding carboxylic acids is 1. The number of esters is 1. The molecule has 2 heterocycles. The van der Waals surface area contributed by atoms with Gasteiger partial charge in [-0.1, -0.05) is 12.1 Å². The molecule has 0 aliphatic carbocycles. The number of likely N-dealkylation sites (tertiary alicyclic amines) is 2. The lowest BCUT2D eigenvalue weighted by Crippen LogP contribution is -2.49. The number of carbonyl (C=O) groups is 1. The maximum absolute atomic E-state index is 11.8. The van der Waals surface area contributed by atoms with E-state index in [9.17, 15) is 4.79 Å². The normalized spacial score (nSPS) is 23.1. The van der Waals surface area contributed by atoms with Crippen molar-refractivity contribution < 1.29 is 14.3 Å². The van der Waals surface area contributed by atoms with Crippen LogP contribution < -0.4 is 10.1 Å². The van der Waals surface area contributed by atoms with E-state index in [1.165, 1.54) is 25.5 Å². The Labute approximate surface area is 203 Å². The van der Waals surface area contributed by atoms with E-state index in [1.807, 2.05) is 19.2 Å². The Morgan fingerprint density at radius 2 is 1.81 bits per heavy atom. The van der Waals surface area contributed by atoms with Crippen LogP contribution in [0.3, 0.4) is 0 Å². The minimum absolute atomic E-state index is 0. The molecule has 8 heteroatoms. The first kappa shape index (κ1) is 25.7. The number of guanidine groups is 1. The molecule has 3 rings (SSSR count). The molecule has 1 aromatic rings. The number of ether oxygens (including phenoxy) is 2. The molecule has 2 fully saturated rings. The number of hydrogen-bond donors (Lipinski definition) is 1. The summed E-state index contributed by atoms with van der Waals surface area (Å²) in [6.07, 6.45) is 4.02. The van der Waals surface area contributed by atoms with Gasteiger partial charge in [-0.05, 0) is 62.9 Å². The van der Waals surface area contributed by atoms with E-state index in [1.54, 1.807) is 7.11 Å². The summed E-state index contributed by atoms with van der Waals surface area (Å²) in [5.41, 5.74) is 1.33. The molecule has 2 atom stereocenters. The third kappa shape index (κ3) is 6.47. The van der Waals surface area contributed by atoms with Crippen LogP contribution in [0.15, 0.2) is 29.3 Å². The van der Waals surface area contributed by atoms with Gasteiger partial charge in [0.2, 0.25) is 0 Å². The van der Waals surface area contributed by atoms with E-state index in [0.29, 0.717) is 12.0 Å². The molecular formula is C23H37IN4O3. The molecule has 0 spiro atoms. The molecule has 1 N–H and O–H groups in total. The largest absolute Gasteiger partial charge is 0.497 e. The van der Waals surface area contributed by atoms with Crippen LogP contribution in [0.5, 0.6) is 5.75 Å². The van der Waals surface area contributed by atoms with Crippen molar-refractivity contribution in [2.45, 2.75) is 31.7 Å². The van der Waals surface area contributed by atoms with E-state index in [4.69, 9.17) is 9.47 Å². The van der Waals surface area contributed by atoms with Crippen LogP contribution in [0.1, 0.15) is 37.3 Å². The fourth-order valence-corrected chi connectivity index (χ4v) is 4.85. The van der Waals surface area contributed by atoms with Gasteiger partial charge >= 0.3 is 5.97 Å². The van der Waals surface area contributed by atoms with Crippen LogP contribution in [0.2, 0.25) is 0 Å². The van der Waals surface area contributed by atoms with Crippen molar-refractivity contribution in [2.24, 2.45) is 16.8 Å². The lowest BCUT2D eigenvalue weighted by atomic mass is 9.85. The number of nitrogens with one attached hydrogen (secondary N) is 1. The highest BCUT2D eigenvalue weighted by Crippen LogP contribution is 2.35. The average Bonchev–Trinajstić information content (AvgIpc) is 2.79. The summed E-state index contributed by atoms with van der Waals surface area (Å²) >= 11 is 0. The highest BCUT2D eigenvalue weighted by molar-refractivity contribution is 14.0. The van der Waals surface area contributed by atoms with Crippen molar-refractivity contribution >= 4 is 35.9 Å². The average molecular weight is 544 g/mol. The lowest BCUT2D eigenvalue weighted by molar-refractivity contribution is -0.146. The Bertz CT molecular complexity index is 720. The van der Waals surface area contributed by atoms with Gasteiger partial charge in [-0.3, -0.25) is 14.7 Å². The summed E-state index contributed by atoms with van der Waals surface area (Å²) in [5, 5.41) is 3.62. The first-order valence-corrected chi connectivity index (χ1v) is 10.9. The van der Waals surface area contributed by atoms with Crippen molar-refractivity contribution in [1.29, 1.82) is 0 Å². The molecule has 1 aromatic carbocycles. The standard InChI is InChI=1S/C23H36N4O3.HI/c1-24-23(27-14-11-18(12-15-27)22(28)30-4)25-16-19-6-5-13-26(2)21(19)17-7-9-20(29-3)10-8-17;/h7-10,18-19,21H,5-6,11-16H2,1-4H3,(H,24,25);1H. The minimum Gasteiger partial charge on any atom is -0.497 e. The number of methoxy groups -OCH3 is 2. The van der Waals surface area contributed by atoms with Crippen molar-refractivity contribution in [3.05, 3.63) is 29.8 Å². The molecular weight excluding hydrogens is 507 g/mol. The number of rotatable bonds is 5. The van der Waals surface area contributed by atoms with Crippen LogP contribution >= 0.6 is 24.0 Å². The summed E-state index contributed by atoms with van der Waals surface area (Å²) in [7, 11) is 7.22. The van der Waals surface area contributed by atoms with Gasteiger partial charge < -0.3 is 19.7 Å². The summed E-state index contributed by atoms with van der Waals surface area (Å²) in [4.78, 5) is 21.0. The summed E-state index contributed by atoms with van der Waals surface area (Å²) in [6.45, 7) is 3.64. The molecule has 0 amide bonds. The van der Waals surface area contributed by atoms with E-state index >= 15 is 0 Å². The Hall–Kier alpha value is -1.55. The molecule has 2 unspecified atom stereocenters. The first-order chi connectivity index (χ1) is 14.6. The maximum Gasteiger partial charge on any atom is 0.308 e. The Kier molecular flexibility index (Phi) is 10.3. The minimum atomic E-state index is -0.0924. The zero-order chi connectivity index (χ0) is 21.5. The van der Waals surface area contributed by atoms with Gasteiger partial charge in [-0.15, -0.1) is 24.0 Å². The molecule has 31 heavy (non-hydrogen) atoms. The van der Waals surface area contributed by atoms with E-state index in [0.717, 1.165) is 50.7 Å². The van der Waals surface area contributed by atoms with Crippen LogP contribution in [0.25, 0.3) is 0 Å². The summed E-state index contributed by atoms with van der Waals surface area (Å²) < 4.78 is 10.2. The molecule has 0 radical (unpaired) electrons. The second-order valence-corrected chi connectivity index (χ2v) is 8.31. The number of hydrogen-bond acceptors (Lipinski definition) is 5. The molecule has 2 aliphatic rings. The Morgan fingerprint density at radius 1 is 1.13 bits per heavy atom. The lowest BCUT2D eigenvalue weighted by Gasteiger charge is -2.40. The van der Waals surface area contributed by atoms with Crippen molar-refractivity contribution in [2.75, 3.05) is 54.5 Å². The third-order valence-corrected chi connectivity index (χ3v) is 6.53. The van der Waals surface area contributed by atoms with Crippen molar-refractivity contribution in [3.63, 3.8) is 0 Å². The van der Waals surface area contributed by atoms with Crippen LogP contribution in [-0.2, 0) is 9.53 Å². The Morgan fingerprint density at radius 3 is 2.39 bits per heavy atom. The molecule has 0 saturated carbocycles. The number of benzene rings is 1. The molecule has 2 saturated heterocycles. The number of piperidine rings is 2. The third-order valence-electron chi connectivity index (χ3n) is 6.53. The quantitative estimate of drug-likeness (QED) is 0.266. The molecule has 0 aromatic heterocycles. The summed E-state index contributed by atoms with van der Waals surface area (Å²) in [6, 6.07) is 8.84. The summed E-state index contributed by atoms with van der Waals surface area (Å²) in [5.74, 6) is 2.24. The van der Waals surface area contributed by atoms with Crippen LogP contribution in [0.4, 0.5) is 0 Å². The predicted molar refractivity (Wildman–Crippen MR) is 134 cm³/mol. The fourth-order valence-electron chi connectivity index (χ4n) is 4.85. The molecule has 7 nitrogen and oxygen atoms in total. The maximum atomic E-state index is 11.8. The number of aliphatic imine (C=N–C) groups is 1. The smallest absolute Gasteiger partial charge is 0.308 e. The zero-order valence-electron chi connectivity index (χ0n) is 19.2. The zero-order valence-corrected chi connectivity index (χ0v) is 21.5. The van der Waals surface area contributed by atoms with Gasteiger partial charge in [-0.2, -0.15) is 0 Å². The fraction of sp³-hybridized carbons (Fsp3) is 0.652. The predicted octanol–water partition coefficient (Wildman–Crippen LogP) is 3.16. The second kappa shape index (κ2) is 12.5. The van der Waals surface area contributed by atoms with Gasteiger partial charge in [0.25, 0.3) is 0 Å². The van der Waals surface area contributed by atoms with Gasteiger partial charge in [-0.25, -0.2) is 0 Å². The molecule has 174 valence electrons. The number of halogens is 1. The van der Waals surface area contributed by atoms with Gasteiger partial charge in [0, 0.05) is 32.7 Å². The van der Waals surface area contributed by atoms with E-state index in [-0.39, 0.29) is 35.9 Å². The highest BCUT2D eigenvalue weighted by atomic mass is 127. The van der Waals surface area contributed by atoms with Crippen LogP contribution in [0, 0.1) is 11.8 Å². The van der Waals surface area contributed by atoms with Gasteiger partial charge in [0.05, 0.1) is 20.1 Å². The molecule has 2 aliphatic heterocycles. The van der Waals surface area contributed by atoms with Crippen LogP contribution in [-0.4, -0.2) is 76.2 Å². The monoisotopic (exact) mass is 544 g/mol. The van der Waals surface area contributed by atoms with Gasteiger partial charge in [0.15, 0.2) is 5.96 Å². The topological polar surface area (TPSA) is 66.4 Å². The van der Waals surface area contributed by atoms with Crippen molar-refractivity contribution in [3.8, 4) is 5.75 Å².